The first-order valence-electron chi connectivity index (χ1n) is 10.2. The summed E-state index contributed by atoms with van der Waals surface area (Å²) >= 11 is 5.92. The van der Waals surface area contributed by atoms with Crippen molar-refractivity contribution in [3.8, 4) is 0 Å². The fourth-order valence-electron chi connectivity index (χ4n) is 4.50. The van der Waals surface area contributed by atoms with Crippen LogP contribution in [0.15, 0.2) is 0 Å². The van der Waals surface area contributed by atoms with E-state index in [0.29, 0.717) is 6.04 Å². The molecule has 0 saturated heterocycles. The Labute approximate surface area is 157 Å². The molecule has 0 N–H and O–H groups in total. The van der Waals surface area contributed by atoms with E-state index in [4.69, 9.17) is 12.2 Å². The highest BCUT2D eigenvalue weighted by molar-refractivity contribution is 7.80. The summed E-state index contributed by atoms with van der Waals surface area (Å²) < 4.78 is 1.77. The van der Waals surface area contributed by atoms with Crippen molar-refractivity contribution in [2.45, 2.75) is 89.5 Å². The second kappa shape index (κ2) is 9.60. The van der Waals surface area contributed by atoms with Crippen molar-refractivity contribution >= 4 is 17.2 Å². The van der Waals surface area contributed by atoms with Gasteiger partial charge in [-0.05, 0) is 54.9 Å². The maximum absolute atomic E-state index is 5.92. The molecule has 0 unspecified atom stereocenters. The van der Waals surface area contributed by atoms with Crippen LogP contribution < -0.4 is 0 Å². The molecule has 1 heterocycles. The molecule has 0 atom stereocenters. The predicted octanol–water partition coefficient (Wildman–Crippen LogP) is 4.08. The van der Waals surface area contributed by atoms with Crippen molar-refractivity contribution in [3.63, 3.8) is 0 Å². The summed E-state index contributed by atoms with van der Waals surface area (Å²) in [6.07, 6.45) is 16.8. The van der Waals surface area contributed by atoms with Gasteiger partial charge in [0.05, 0.1) is 4.99 Å². The van der Waals surface area contributed by atoms with Crippen LogP contribution in [0.4, 0.5) is 0 Å². The first kappa shape index (κ1) is 18.7. The van der Waals surface area contributed by atoms with E-state index >= 15 is 0 Å². The summed E-state index contributed by atoms with van der Waals surface area (Å²) in [5, 5.41) is 11.7. The third-order valence-electron chi connectivity index (χ3n) is 6.01. The minimum atomic E-state index is 0.694. The van der Waals surface area contributed by atoms with E-state index in [2.05, 4.69) is 20.4 Å². The van der Waals surface area contributed by atoms with Gasteiger partial charge >= 0.3 is 0 Å². The highest BCUT2D eigenvalue weighted by Crippen LogP contribution is 2.29. The molecule has 0 spiro atoms. The lowest BCUT2D eigenvalue weighted by Gasteiger charge is -2.39. The van der Waals surface area contributed by atoms with Crippen molar-refractivity contribution in [2.75, 3.05) is 6.54 Å². The molecule has 0 aromatic carbocycles. The SMILES string of the molecule is Cn1nnnc1CCCC(=S)N(CC1CCCCC1)C1CCCCC1. The standard InChI is InChI=1S/C19H33N5S/c1-23-18(20-21-22-23)13-8-14-19(25)24(17-11-6-3-7-12-17)15-16-9-4-2-5-10-16/h16-17H,2-15H2,1H3. The van der Waals surface area contributed by atoms with Crippen LogP contribution in [-0.4, -0.2) is 42.7 Å². The van der Waals surface area contributed by atoms with Crippen LogP contribution in [0.2, 0.25) is 0 Å². The molecule has 0 bridgehead atoms. The van der Waals surface area contributed by atoms with Gasteiger partial charge in [0.1, 0.15) is 0 Å². The quantitative estimate of drug-likeness (QED) is 0.683. The number of thiocarbonyl (C=S) groups is 1. The number of nitrogens with zero attached hydrogens (tertiary/aromatic N) is 5. The molecule has 2 saturated carbocycles. The average Bonchev–Trinajstić information content (AvgIpc) is 3.06. The summed E-state index contributed by atoms with van der Waals surface area (Å²) in [4.78, 5) is 3.83. The van der Waals surface area contributed by atoms with E-state index in [1.807, 2.05) is 7.05 Å². The Hall–Kier alpha value is -1.04. The van der Waals surface area contributed by atoms with Crippen LogP contribution in [0.3, 0.4) is 0 Å². The zero-order valence-electron chi connectivity index (χ0n) is 15.7. The Balaban J connectivity index is 1.54. The number of tetrazole rings is 1. The fourth-order valence-corrected chi connectivity index (χ4v) is 4.86. The number of hydrogen-bond donors (Lipinski definition) is 0. The molecule has 2 fully saturated rings. The zero-order valence-corrected chi connectivity index (χ0v) is 16.5. The Kier molecular flexibility index (Phi) is 7.20. The fraction of sp³-hybridized carbons (Fsp3) is 0.895. The number of rotatable bonds is 7. The lowest BCUT2D eigenvalue weighted by atomic mass is 9.87. The van der Waals surface area contributed by atoms with Crippen molar-refractivity contribution in [2.24, 2.45) is 13.0 Å². The maximum Gasteiger partial charge on any atom is 0.150 e. The molecule has 5 nitrogen and oxygen atoms in total. The summed E-state index contributed by atoms with van der Waals surface area (Å²) in [5.74, 6) is 1.82. The molecule has 0 amide bonds. The highest BCUT2D eigenvalue weighted by atomic mass is 32.1. The second-order valence-electron chi connectivity index (χ2n) is 7.91. The highest BCUT2D eigenvalue weighted by Gasteiger charge is 2.26. The van der Waals surface area contributed by atoms with Gasteiger partial charge in [0, 0.05) is 26.1 Å². The van der Waals surface area contributed by atoms with Gasteiger partial charge in [-0.2, -0.15) is 0 Å². The molecule has 6 heteroatoms. The van der Waals surface area contributed by atoms with Gasteiger partial charge in [-0.25, -0.2) is 4.68 Å². The van der Waals surface area contributed by atoms with E-state index in [9.17, 15) is 0 Å². The molecule has 2 aliphatic rings. The van der Waals surface area contributed by atoms with Gasteiger partial charge in [0.15, 0.2) is 5.82 Å². The van der Waals surface area contributed by atoms with Gasteiger partial charge < -0.3 is 4.90 Å². The second-order valence-corrected chi connectivity index (χ2v) is 8.39. The minimum Gasteiger partial charge on any atom is -0.363 e. The minimum absolute atomic E-state index is 0.694. The summed E-state index contributed by atoms with van der Waals surface area (Å²) in [6.45, 7) is 1.20. The smallest absolute Gasteiger partial charge is 0.150 e. The van der Waals surface area contributed by atoms with Gasteiger partial charge in [-0.15, -0.1) is 5.10 Å². The third kappa shape index (κ3) is 5.47. The van der Waals surface area contributed by atoms with E-state index in [0.717, 1.165) is 31.0 Å². The van der Waals surface area contributed by atoms with Crippen molar-refractivity contribution in [1.82, 2.24) is 25.1 Å². The summed E-state index contributed by atoms with van der Waals surface area (Å²) in [6, 6.07) is 0.694. The Bertz CT molecular complexity index is 532. The van der Waals surface area contributed by atoms with Gasteiger partial charge in [0.2, 0.25) is 0 Å². The molecule has 25 heavy (non-hydrogen) atoms. The van der Waals surface area contributed by atoms with Gasteiger partial charge in [-0.1, -0.05) is 50.7 Å². The molecule has 3 rings (SSSR count). The average molecular weight is 364 g/mol. The van der Waals surface area contributed by atoms with E-state index in [-0.39, 0.29) is 0 Å². The van der Waals surface area contributed by atoms with Crippen molar-refractivity contribution in [1.29, 1.82) is 0 Å². The topological polar surface area (TPSA) is 46.8 Å². The number of aryl methyl sites for hydroxylation is 2. The first-order valence-corrected chi connectivity index (χ1v) is 10.7. The largest absolute Gasteiger partial charge is 0.363 e. The Morgan fingerprint density at radius 1 is 1.08 bits per heavy atom. The van der Waals surface area contributed by atoms with E-state index < -0.39 is 0 Å². The molecule has 0 radical (unpaired) electrons. The molecule has 140 valence electrons. The lowest BCUT2D eigenvalue weighted by molar-refractivity contribution is 0.194. The monoisotopic (exact) mass is 363 g/mol. The van der Waals surface area contributed by atoms with E-state index in [1.54, 1.807) is 4.68 Å². The lowest BCUT2D eigenvalue weighted by Crippen LogP contribution is -2.43. The van der Waals surface area contributed by atoms with Crippen LogP contribution in [-0.2, 0) is 13.5 Å². The van der Waals surface area contributed by atoms with Gasteiger partial charge in [0.25, 0.3) is 0 Å². The maximum atomic E-state index is 5.92. The Morgan fingerprint density at radius 2 is 1.76 bits per heavy atom. The summed E-state index contributed by atoms with van der Waals surface area (Å²) in [5.41, 5.74) is 0. The first-order chi connectivity index (χ1) is 12.2. The van der Waals surface area contributed by atoms with Crippen LogP contribution >= 0.6 is 12.2 Å². The van der Waals surface area contributed by atoms with Crippen molar-refractivity contribution < 1.29 is 0 Å². The van der Waals surface area contributed by atoms with Crippen LogP contribution in [0.25, 0.3) is 0 Å². The summed E-state index contributed by atoms with van der Waals surface area (Å²) in [7, 11) is 1.91. The van der Waals surface area contributed by atoms with E-state index in [1.165, 1.54) is 75.7 Å². The number of hydrogen-bond acceptors (Lipinski definition) is 4. The van der Waals surface area contributed by atoms with Crippen molar-refractivity contribution in [3.05, 3.63) is 5.82 Å². The normalized spacial score (nSPS) is 19.9. The number of aromatic nitrogens is 4. The Morgan fingerprint density at radius 3 is 2.40 bits per heavy atom. The molecule has 2 aliphatic carbocycles. The van der Waals surface area contributed by atoms with Crippen LogP contribution in [0, 0.1) is 5.92 Å². The molecule has 1 aromatic rings. The van der Waals surface area contributed by atoms with Crippen LogP contribution in [0.1, 0.15) is 82.9 Å². The zero-order chi connectivity index (χ0) is 17.5. The third-order valence-corrected chi connectivity index (χ3v) is 6.45. The van der Waals surface area contributed by atoms with Gasteiger partial charge in [-0.3, -0.25) is 0 Å². The predicted molar refractivity (Wildman–Crippen MR) is 104 cm³/mol. The van der Waals surface area contributed by atoms with Crippen LogP contribution in [0.5, 0.6) is 0 Å². The molecule has 0 aliphatic heterocycles. The molecule has 1 aromatic heterocycles. The molecular weight excluding hydrogens is 330 g/mol. The molecular formula is C19H33N5S.